The first-order valence-corrected chi connectivity index (χ1v) is 13.1. The van der Waals surface area contributed by atoms with Crippen molar-refractivity contribution in [3.63, 3.8) is 0 Å². The molecule has 0 radical (unpaired) electrons. The second-order valence-electron chi connectivity index (χ2n) is 12.0. The molecule has 2 saturated carbocycles. The van der Waals surface area contributed by atoms with Crippen molar-refractivity contribution in [2.75, 3.05) is 0 Å². The molecule has 0 aromatic heterocycles. The molecule has 210 valence electrons. The molecule has 10 heteroatoms. The summed E-state index contributed by atoms with van der Waals surface area (Å²) in [6, 6.07) is 0. The Morgan fingerprint density at radius 1 is 0.842 bits per heavy atom. The number of esters is 4. The van der Waals surface area contributed by atoms with Crippen molar-refractivity contribution < 1.29 is 47.7 Å². The molecular formula is C28H38O10. The predicted octanol–water partition coefficient (Wildman–Crippen LogP) is 2.70. The van der Waals surface area contributed by atoms with Gasteiger partial charge in [0.05, 0.1) is 5.92 Å². The Morgan fingerprint density at radius 2 is 1.34 bits per heavy atom. The third-order valence-electron chi connectivity index (χ3n) is 8.87. The van der Waals surface area contributed by atoms with Gasteiger partial charge in [0, 0.05) is 39.5 Å². The SMILES string of the molecule is CC(=O)O[C@@H]1[C@@H]2[C@H]([C@@H](OC(C)=O)[C@H](OC(C)=O)/C(C)=C\[C@@]34O[C@@]3(C[C@H](C)[C@@H]4OC(C)=O)C(=O)[C@H]1C)C2(C)C. The van der Waals surface area contributed by atoms with E-state index < -0.39 is 70.8 Å². The summed E-state index contributed by atoms with van der Waals surface area (Å²) in [7, 11) is 0. The lowest BCUT2D eigenvalue weighted by Gasteiger charge is -2.30. The predicted molar refractivity (Wildman–Crippen MR) is 131 cm³/mol. The van der Waals surface area contributed by atoms with E-state index in [9.17, 15) is 24.0 Å². The summed E-state index contributed by atoms with van der Waals surface area (Å²) in [5.41, 5.74) is -2.61. The Kier molecular flexibility index (Phi) is 6.82. The molecule has 1 saturated heterocycles. The molecule has 0 spiro atoms. The van der Waals surface area contributed by atoms with Crippen molar-refractivity contribution in [1.29, 1.82) is 0 Å². The highest BCUT2D eigenvalue weighted by atomic mass is 16.7. The lowest BCUT2D eigenvalue weighted by molar-refractivity contribution is -0.166. The summed E-state index contributed by atoms with van der Waals surface area (Å²) in [5, 5.41) is 0. The van der Waals surface area contributed by atoms with Crippen LogP contribution in [0.1, 0.15) is 68.7 Å². The quantitative estimate of drug-likeness (QED) is 0.229. The van der Waals surface area contributed by atoms with Crippen LogP contribution in [-0.2, 0) is 47.7 Å². The second kappa shape index (κ2) is 9.17. The number of carbonyl (C=O) groups is 5. The maximum atomic E-state index is 14.2. The Labute approximate surface area is 222 Å². The third-order valence-corrected chi connectivity index (χ3v) is 8.87. The van der Waals surface area contributed by atoms with Crippen molar-refractivity contribution >= 4 is 29.7 Å². The number of epoxide rings is 1. The number of Topliss-reactive ketones (excluding diaryl/α,β-unsaturated/α-hetero) is 1. The van der Waals surface area contributed by atoms with Gasteiger partial charge in [-0.15, -0.1) is 0 Å². The van der Waals surface area contributed by atoms with Crippen LogP contribution < -0.4 is 0 Å². The van der Waals surface area contributed by atoms with E-state index in [0.717, 1.165) is 0 Å². The summed E-state index contributed by atoms with van der Waals surface area (Å²) < 4.78 is 29.3. The zero-order chi connectivity index (χ0) is 28.5. The molecule has 4 aliphatic rings. The zero-order valence-corrected chi connectivity index (χ0v) is 23.5. The van der Waals surface area contributed by atoms with E-state index in [1.807, 2.05) is 20.8 Å². The highest BCUT2D eigenvalue weighted by Gasteiger charge is 2.84. The fourth-order valence-corrected chi connectivity index (χ4v) is 7.39. The van der Waals surface area contributed by atoms with Gasteiger partial charge in [-0.3, -0.25) is 24.0 Å². The molecule has 0 unspecified atom stereocenters. The molecule has 3 fully saturated rings. The standard InChI is InChI=1S/C28H38O10/c1-12-10-28-25(37-18(7)32)13(2)11-27(28,38-28)24(33)14(3)22(35-16(5)30)19-20(26(19,8)9)23(36-17(6)31)21(12)34-15(4)29/h10,13-14,19-23,25H,11H2,1-9H3/b12-10-/t13-,14-,19-,20+,21+,22-,23+,25-,27-,28-/m0/s1. The molecule has 0 aromatic rings. The number of hydrogen-bond acceptors (Lipinski definition) is 10. The van der Waals surface area contributed by atoms with Gasteiger partial charge in [-0.1, -0.05) is 27.7 Å². The van der Waals surface area contributed by atoms with Crippen molar-refractivity contribution in [3.8, 4) is 0 Å². The van der Waals surface area contributed by atoms with E-state index >= 15 is 0 Å². The first-order valence-electron chi connectivity index (χ1n) is 13.1. The topological polar surface area (TPSA) is 135 Å². The monoisotopic (exact) mass is 534 g/mol. The van der Waals surface area contributed by atoms with Gasteiger partial charge in [0.1, 0.15) is 18.3 Å². The van der Waals surface area contributed by atoms with Crippen LogP contribution in [0.15, 0.2) is 11.6 Å². The Morgan fingerprint density at radius 3 is 1.87 bits per heavy atom. The fourth-order valence-electron chi connectivity index (χ4n) is 7.39. The minimum absolute atomic E-state index is 0.218. The zero-order valence-electron chi connectivity index (χ0n) is 23.5. The molecular weight excluding hydrogens is 496 g/mol. The lowest BCUT2D eigenvalue weighted by atomic mass is 9.80. The van der Waals surface area contributed by atoms with Crippen LogP contribution in [0, 0.1) is 29.1 Å². The highest BCUT2D eigenvalue weighted by Crippen LogP contribution is 2.68. The summed E-state index contributed by atoms with van der Waals surface area (Å²) >= 11 is 0. The molecule has 10 nitrogen and oxygen atoms in total. The largest absolute Gasteiger partial charge is 0.461 e. The summed E-state index contributed by atoms with van der Waals surface area (Å²) in [5.74, 6) is -4.18. The van der Waals surface area contributed by atoms with Crippen LogP contribution >= 0.6 is 0 Å². The maximum absolute atomic E-state index is 14.2. The number of rotatable bonds is 4. The van der Waals surface area contributed by atoms with Gasteiger partial charge >= 0.3 is 23.9 Å². The van der Waals surface area contributed by atoms with Gasteiger partial charge in [0.2, 0.25) is 0 Å². The first-order chi connectivity index (χ1) is 17.5. The molecule has 10 atom stereocenters. The van der Waals surface area contributed by atoms with Crippen LogP contribution in [0.3, 0.4) is 0 Å². The van der Waals surface area contributed by atoms with Crippen molar-refractivity contribution in [1.82, 2.24) is 0 Å². The molecule has 3 aliphatic carbocycles. The van der Waals surface area contributed by atoms with Crippen LogP contribution in [0.5, 0.6) is 0 Å². The lowest BCUT2D eigenvalue weighted by Crippen LogP contribution is -2.43. The fraction of sp³-hybridized carbons (Fsp3) is 0.750. The Balaban J connectivity index is 1.94. The van der Waals surface area contributed by atoms with E-state index in [-0.39, 0.29) is 23.5 Å². The molecule has 0 aromatic carbocycles. The maximum Gasteiger partial charge on any atom is 0.303 e. The molecule has 0 amide bonds. The highest BCUT2D eigenvalue weighted by molar-refractivity contribution is 5.96. The Bertz CT molecular complexity index is 1110. The third kappa shape index (κ3) is 4.25. The molecule has 1 heterocycles. The van der Waals surface area contributed by atoms with Gasteiger partial charge in [0.15, 0.2) is 23.1 Å². The summed E-state index contributed by atoms with van der Waals surface area (Å²) in [4.78, 5) is 63.1. The van der Waals surface area contributed by atoms with Gasteiger partial charge in [-0.05, 0) is 36.3 Å². The van der Waals surface area contributed by atoms with E-state index in [0.29, 0.717) is 12.0 Å². The van der Waals surface area contributed by atoms with Gasteiger partial charge < -0.3 is 23.7 Å². The van der Waals surface area contributed by atoms with Crippen molar-refractivity contribution in [2.45, 2.75) is 104 Å². The van der Waals surface area contributed by atoms with E-state index in [1.165, 1.54) is 27.7 Å². The smallest absolute Gasteiger partial charge is 0.303 e. The van der Waals surface area contributed by atoms with Crippen LogP contribution in [-0.4, -0.2) is 65.3 Å². The molecule has 4 rings (SSSR count). The average molecular weight is 535 g/mol. The molecule has 0 bridgehead atoms. The Hall–Kier alpha value is -2.75. The molecule has 38 heavy (non-hydrogen) atoms. The number of ketones is 1. The van der Waals surface area contributed by atoms with Crippen LogP contribution in [0.4, 0.5) is 0 Å². The average Bonchev–Trinajstić information content (AvgIpc) is 3.56. The van der Waals surface area contributed by atoms with E-state index in [4.69, 9.17) is 23.7 Å². The van der Waals surface area contributed by atoms with Gasteiger partial charge in [-0.2, -0.15) is 0 Å². The van der Waals surface area contributed by atoms with Crippen molar-refractivity contribution in [3.05, 3.63) is 11.6 Å². The minimum Gasteiger partial charge on any atom is -0.461 e. The minimum atomic E-state index is -1.30. The molecule has 0 N–H and O–H groups in total. The summed E-state index contributed by atoms with van der Waals surface area (Å²) in [6.45, 7) is 14.3. The van der Waals surface area contributed by atoms with Crippen LogP contribution in [0.2, 0.25) is 0 Å². The molecule has 1 aliphatic heterocycles. The van der Waals surface area contributed by atoms with Crippen molar-refractivity contribution in [2.24, 2.45) is 29.1 Å². The van der Waals surface area contributed by atoms with E-state index in [2.05, 4.69) is 0 Å². The van der Waals surface area contributed by atoms with Crippen LogP contribution in [0.25, 0.3) is 0 Å². The number of fused-ring (bicyclic) bond motifs is 1. The number of hydrogen-bond donors (Lipinski definition) is 0. The van der Waals surface area contributed by atoms with Gasteiger partial charge in [0.25, 0.3) is 0 Å². The van der Waals surface area contributed by atoms with E-state index in [1.54, 1.807) is 19.9 Å². The number of ether oxygens (including phenoxy) is 5. The number of carbonyl (C=O) groups excluding carboxylic acids is 5. The first kappa shape index (κ1) is 28.3. The van der Waals surface area contributed by atoms with Gasteiger partial charge in [-0.25, -0.2) is 0 Å². The normalized spacial score (nSPS) is 44.0. The second-order valence-corrected chi connectivity index (χ2v) is 12.0. The summed E-state index contributed by atoms with van der Waals surface area (Å²) in [6.07, 6.45) is -1.52.